The lowest BCUT2D eigenvalue weighted by molar-refractivity contribution is 0.0602. The van der Waals surface area contributed by atoms with Crippen LogP contribution in [0.1, 0.15) is 52.4 Å². The minimum atomic E-state index is -0.392. The highest BCUT2D eigenvalue weighted by Crippen LogP contribution is 2.29. The summed E-state index contributed by atoms with van der Waals surface area (Å²) < 4.78 is 6.72. The van der Waals surface area contributed by atoms with E-state index >= 15 is 0 Å². The number of hydrogen-bond acceptors (Lipinski definition) is 7. The van der Waals surface area contributed by atoms with E-state index < -0.39 is 5.97 Å². The van der Waals surface area contributed by atoms with Crippen molar-refractivity contribution >= 4 is 17.5 Å². The van der Waals surface area contributed by atoms with Crippen LogP contribution in [0.2, 0.25) is 0 Å². The van der Waals surface area contributed by atoms with E-state index in [0.29, 0.717) is 17.1 Å². The molecule has 1 aromatic carbocycles. The Kier molecular flexibility index (Phi) is 9.55. The van der Waals surface area contributed by atoms with E-state index in [1.807, 2.05) is 65.0 Å². The van der Waals surface area contributed by atoms with Gasteiger partial charge in [0.15, 0.2) is 5.82 Å². The van der Waals surface area contributed by atoms with Gasteiger partial charge < -0.3 is 15.8 Å². The third kappa shape index (κ3) is 6.31. The molecular formula is C26H34N6O2. The van der Waals surface area contributed by atoms with Crippen molar-refractivity contribution in [1.82, 2.24) is 19.7 Å². The first-order valence-electron chi connectivity index (χ1n) is 11.1. The topological polar surface area (TPSA) is 108 Å². The molecule has 0 saturated carbocycles. The minimum Gasteiger partial charge on any atom is -0.465 e. The zero-order valence-electron chi connectivity index (χ0n) is 21.0. The van der Waals surface area contributed by atoms with E-state index in [-0.39, 0.29) is 0 Å². The van der Waals surface area contributed by atoms with E-state index in [2.05, 4.69) is 22.2 Å². The Morgan fingerprint density at radius 3 is 2.53 bits per heavy atom. The number of carbonyl (C=O) groups excluding carboxylic acids is 1. The Morgan fingerprint density at radius 1 is 1.21 bits per heavy atom. The lowest BCUT2D eigenvalue weighted by Crippen LogP contribution is -2.11. The first-order chi connectivity index (χ1) is 16.3. The maximum Gasteiger partial charge on any atom is 0.339 e. The molecule has 8 nitrogen and oxygen atoms in total. The van der Waals surface area contributed by atoms with E-state index in [1.165, 1.54) is 13.3 Å². The second-order valence-electron chi connectivity index (χ2n) is 7.68. The van der Waals surface area contributed by atoms with Gasteiger partial charge in [0.2, 0.25) is 0 Å². The van der Waals surface area contributed by atoms with Crippen molar-refractivity contribution in [3.8, 4) is 5.82 Å². The molecule has 2 aromatic heterocycles. The van der Waals surface area contributed by atoms with Crippen molar-refractivity contribution in [3.63, 3.8) is 0 Å². The number of benzene rings is 1. The summed E-state index contributed by atoms with van der Waals surface area (Å²) >= 11 is 0. The van der Waals surface area contributed by atoms with Crippen molar-refractivity contribution in [2.24, 2.45) is 5.73 Å². The molecule has 0 aliphatic heterocycles. The highest BCUT2D eigenvalue weighted by atomic mass is 16.5. The van der Waals surface area contributed by atoms with Crippen molar-refractivity contribution in [1.29, 1.82) is 0 Å². The summed E-state index contributed by atoms with van der Waals surface area (Å²) in [4.78, 5) is 21.3. The second-order valence-corrected chi connectivity index (χ2v) is 7.68. The summed E-state index contributed by atoms with van der Waals surface area (Å²) in [6, 6.07) is 5.63. The number of ether oxygens (including phenoxy) is 1. The molecule has 0 radical (unpaired) electrons. The van der Waals surface area contributed by atoms with Gasteiger partial charge in [0.1, 0.15) is 5.82 Å². The maximum absolute atomic E-state index is 12.3. The zero-order valence-corrected chi connectivity index (χ0v) is 21.0. The average Bonchev–Trinajstić information content (AvgIpc) is 3.15. The first kappa shape index (κ1) is 26.3. The molecule has 2 heterocycles. The first-order valence-corrected chi connectivity index (χ1v) is 11.1. The fourth-order valence-corrected chi connectivity index (χ4v) is 3.25. The summed E-state index contributed by atoms with van der Waals surface area (Å²) in [6.45, 7) is 11.8. The SMILES string of the molecule is C/C=C\C=C/N.CCc1nn(-c2nc(C)cnc2C)c(Nc2ccc(C)cc2C(=O)OC)c1C. The number of methoxy groups -OCH3 is 1. The van der Waals surface area contributed by atoms with Crippen LogP contribution >= 0.6 is 0 Å². The molecule has 8 heteroatoms. The molecule has 0 aliphatic carbocycles. The van der Waals surface area contributed by atoms with Crippen LogP contribution in [0.5, 0.6) is 0 Å². The smallest absolute Gasteiger partial charge is 0.339 e. The van der Waals surface area contributed by atoms with Crippen LogP contribution in [0.3, 0.4) is 0 Å². The molecule has 0 spiro atoms. The quantitative estimate of drug-likeness (QED) is 0.391. The Hall–Kier alpha value is -3.94. The number of carbonyl (C=O) groups is 1. The third-order valence-corrected chi connectivity index (χ3v) is 5.06. The van der Waals surface area contributed by atoms with Gasteiger partial charge in [0, 0.05) is 11.8 Å². The number of rotatable bonds is 6. The summed E-state index contributed by atoms with van der Waals surface area (Å²) in [5.41, 5.74) is 10.6. The van der Waals surface area contributed by atoms with Gasteiger partial charge in [-0.15, -0.1) is 0 Å². The number of nitrogens with one attached hydrogen (secondary N) is 1. The predicted molar refractivity (Wildman–Crippen MR) is 137 cm³/mol. The van der Waals surface area contributed by atoms with Gasteiger partial charge in [-0.1, -0.05) is 30.7 Å². The van der Waals surface area contributed by atoms with Gasteiger partial charge in [0.25, 0.3) is 0 Å². The largest absolute Gasteiger partial charge is 0.465 e. The van der Waals surface area contributed by atoms with Crippen molar-refractivity contribution in [2.45, 2.75) is 48.0 Å². The van der Waals surface area contributed by atoms with Gasteiger partial charge in [-0.05, 0) is 65.4 Å². The number of aryl methyl sites for hydroxylation is 4. The van der Waals surface area contributed by atoms with Crippen LogP contribution in [-0.2, 0) is 11.2 Å². The van der Waals surface area contributed by atoms with Gasteiger partial charge in [-0.2, -0.15) is 9.78 Å². The molecule has 34 heavy (non-hydrogen) atoms. The molecule has 3 rings (SSSR count). The average molecular weight is 463 g/mol. The number of anilines is 2. The molecule has 0 aliphatic rings. The lowest BCUT2D eigenvalue weighted by atomic mass is 10.1. The van der Waals surface area contributed by atoms with Gasteiger partial charge in [-0.25, -0.2) is 9.78 Å². The summed E-state index contributed by atoms with van der Waals surface area (Å²) in [5.74, 6) is 1.03. The lowest BCUT2D eigenvalue weighted by Gasteiger charge is -2.15. The number of nitrogens with zero attached hydrogens (tertiary/aromatic N) is 4. The third-order valence-electron chi connectivity index (χ3n) is 5.06. The number of allylic oxidation sites excluding steroid dienone is 3. The van der Waals surface area contributed by atoms with E-state index in [9.17, 15) is 4.79 Å². The molecule has 0 bridgehead atoms. The number of aromatic nitrogens is 4. The minimum absolute atomic E-state index is 0.392. The normalized spacial score (nSPS) is 10.9. The molecular weight excluding hydrogens is 428 g/mol. The number of hydrogen-bond donors (Lipinski definition) is 2. The van der Waals surface area contributed by atoms with Gasteiger partial charge in [-0.3, -0.25) is 4.98 Å². The molecule has 3 N–H and O–H groups in total. The highest BCUT2D eigenvalue weighted by molar-refractivity contribution is 5.96. The van der Waals surface area contributed by atoms with Gasteiger partial charge >= 0.3 is 5.97 Å². The zero-order chi connectivity index (χ0) is 25.3. The summed E-state index contributed by atoms with van der Waals surface area (Å²) in [7, 11) is 1.38. The van der Waals surface area contributed by atoms with Crippen LogP contribution in [0.25, 0.3) is 5.82 Å². The van der Waals surface area contributed by atoms with Crippen molar-refractivity contribution < 1.29 is 9.53 Å². The second kappa shape index (κ2) is 12.3. The number of nitrogens with two attached hydrogens (primary N) is 1. The van der Waals surface area contributed by atoms with E-state index in [4.69, 9.17) is 15.6 Å². The molecule has 0 unspecified atom stereocenters. The number of esters is 1. The fourth-order valence-electron chi connectivity index (χ4n) is 3.25. The molecule has 0 fully saturated rings. The van der Waals surface area contributed by atoms with Crippen LogP contribution in [0.4, 0.5) is 11.5 Å². The molecule has 0 saturated heterocycles. The Bertz CT molecular complexity index is 1180. The van der Waals surface area contributed by atoms with Crippen molar-refractivity contribution in [2.75, 3.05) is 12.4 Å². The molecule has 3 aromatic rings. The Labute approximate surface area is 201 Å². The fraction of sp³-hybridized carbons (Fsp3) is 0.308. The Morgan fingerprint density at radius 2 is 1.94 bits per heavy atom. The highest BCUT2D eigenvalue weighted by Gasteiger charge is 2.20. The van der Waals surface area contributed by atoms with Crippen LogP contribution < -0.4 is 11.1 Å². The van der Waals surface area contributed by atoms with Crippen LogP contribution in [0, 0.1) is 27.7 Å². The molecule has 0 atom stereocenters. The molecule has 180 valence electrons. The van der Waals surface area contributed by atoms with Gasteiger partial charge in [0.05, 0.1) is 35.4 Å². The van der Waals surface area contributed by atoms with Crippen LogP contribution in [0.15, 0.2) is 48.8 Å². The Balaban J connectivity index is 0.000000604. The summed E-state index contributed by atoms with van der Waals surface area (Å²) in [6.07, 6.45) is 9.59. The molecule has 0 amide bonds. The predicted octanol–water partition coefficient (Wildman–Crippen LogP) is 5.02. The monoisotopic (exact) mass is 462 g/mol. The van der Waals surface area contributed by atoms with E-state index in [0.717, 1.165) is 40.4 Å². The maximum atomic E-state index is 12.3. The summed E-state index contributed by atoms with van der Waals surface area (Å²) in [5, 5.41) is 8.13. The van der Waals surface area contributed by atoms with Crippen molar-refractivity contribution in [3.05, 3.63) is 82.6 Å². The van der Waals surface area contributed by atoms with E-state index in [1.54, 1.807) is 17.0 Å². The standard InChI is InChI=1S/C21H25N5O2.C5H9N/c1-7-17-14(4)19(26(25-17)20-15(5)22-11-13(3)23-20)24-18-9-8-12(2)10-16(18)21(27)28-6;1-2-3-4-5-6/h8-11,24H,7H2,1-6H3;2-5H,6H2,1H3/b;3-2-,5-4-. The van der Waals surface area contributed by atoms with Crippen LogP contribution in [-0.4, -0.2) is 32.8 Å².